The number of nitrogens with one attached hydrogen (secondary N) is 1. The largest absolute Gasteiger partial charge is 0.355 e. The minimum atomic E-state index is 0.199. The van der Waals surface area contributed by atoms with Crippen molar-refractivity contribution in [3.05, 3.63) is 0 Å². The summed E-state index contributed by atoms with van der Waals surface area (Å²) < 4.78 is 0. The van der Waals surface area contributed by atoms with Gasteiger partial charge in [-0.1, -0.05) is 27.2 Å². The molecule has 100 valence electrons. The molecular weight excluding hydrogens is 212 g/mol. The van der Waals surface area contributed by atoms with Gasteiger partial charge in [-0.15, -0.1) is 0 Å². The van der Waals surface area contributed by atoms with Gasteiger partial charge in [-0.3, -0.25) is 4.79 Å². The normalized spacial score (nSPS) is 25.6. The monoisotopic (exact) mass is 240 g/mol. The molecule has 3 heteroatoms. The number of rotatable bonds is 5. The summed E-state index contributed by atoms with van der Waals surface area (Å²) in [6.07, 6.45) is 5.45. The van der Waals surface area contributed by atoms with Crippen molar-refractivity contribution < 1.29 is 4.79 Å². The molecule has 2 atom stereocenters. The summed E-state index contributed by atoms with van der Waals surface area (Å²) in [6.45, 7) is 8.06. The molecule has 1 saturated carbocycles. The van der Waals surface area contributed by atoms with Crippen LogP contribution in [0.4, 0.5) is 0 Å². The van der Waals surface area contributed by atoms with Crippen molar-refractivity contribution in [3.63, 3.8) is 0 Å². The first-order valence-electron chi connectivity index (χ1n) is 6.96. The summed E-state index contributed by atoms with van der Waals surface area (Å²) in [4.78, 5) is 12.1. The van der Waals surface area contributed by atoms with Crippen LogP contribution in [-0.2, 0) is 4.79 Å². The molecular formula is C14H28N2O. The zero-order valence-electron chi connectivity index (χ0n) is 11.6. The van der Waals surface area contributed by atoms with E-state index in [0.717, 1.165) is 38.8 Å². The van der Waals surface area contributed by atoms with Crippen LogP contribution in [0.5, 0.6) is 0 Å². The Bertz CT molecular complexity index is 251. The molecule has 0 aliphatic heterocycles. The lowest BCUT2D eigenvalue weighted by Crippen LogP contribution is -2.39. The van der Waals surface area contributed by atoms with E-state index in [1.165, 1.54) is 6.42 Å². The fourth-order valence-electron chi connectivity index (χ4n) is 2.34. The molecule has 1 rings (SSSR count). The molecule has 0 heterocycles. The zero-order chi connectivity index (χ0) is 12.9. The third-order valence-electron chi connectivity index (χ3n) is 4.19. The highest BCUT2D eigenvalue weighted by atomic mass is 16.1. The van der Waals surface area contributed by atoms with E-state index in [4.69, 9.17) is 5.73 Å². The van der Waals surface area contributed by atoms with E-state index in [2.05, 4.69) is 26.1 Å². The molecule has 1 fully saturated rings. The molecule has 0 aromatic heterocycles. The predicted molar refractivity (Wildman–Crippen MR) is 71.6 cm³/mol. The first kappa shape index (κ1) is 14.5. The molecule has 1 aliphatic carbocycles. The smallest absolute Gasteiger partial charge is 0.223 e. The SMILES string of the molecule is CCC(C)(C)CNC(=O)C1CCCC(CN)C1. The van der Waals surface area contributed by atoms with Gasteiger partial charge in [0.15, 0.2) is 0 Å². The maximum atomic E-state index is 12.1. The molecule has 17 heavy (non-hydrogen) atoms. The Morgan fingerprint density at radius 3 is 2.71 bits per heavy atom. The third-order valence-corrected chi connectivity index (χ3v) is 4.19. The van der Waals surface area contributed by atoms with Crippen molar-refractivity contribution in [2.45, 2.75) is 52.9 Å². The van der Waals surface area contributed by atoms with E-state index < -0.39 is 0 Å². The molecule has 0 saturated heterocycles. The second-order valence-corrected chi connectivity index (χ2v) is 6.20. The van der Waals surface area contributed by atoms with E-state index in [1.807, 2.05) is 0 Å². The van der Waals surface area contributed by atoms with Crippen LogP contribution in [0.25, 0.3) is 0 Å². The van der Waals surface area contributed by atoms with Crippen LogP contribution in [0, 0.1) is 17.3 Å². The number of carbonyl (C=O) groups is 1. The Balaban J connectivity index is 2.37. The summed E-state index contributed by atoms with van der Waals surface area (Å²) in [7, 11) is 0. The maximum Gasteiger partial charge on any atom is 0.223 e. The van der Waals surface area contributed by atoms with E-state index in [9.17, 15) is 4.79 Å². The molecule has 0 radical (unpaired) electrons. The van der Waals surface area contributed by atoms with Crippen molar-refractivity contribution in [3.8, 4) is 0 Å². The van der Waals surface area contributed by atoms with Crippen LogP contribution < -0.4 is 11.1 Å². The second kappa shape index (κ2) is 6.39. The van der Waals surface area contributed by atoms with Gasteiger partial charge in [0.25, 0.3) is 0 Å². The summed E-state index contributed by atoms with van der Waals surface area (Å²) >= 11 is 0. The predicted octanol–water partition coefficient (Wildman–Crippen LogP) is 2.30. The van der Waals surface area contributed by atoms with Gasteiger partial charge in [0, 0.05) is 12.5 Å². The Morgan fingerprint density at radius 2 is 2.12 bits per heavy atom. The number of carbonyl (C=O) groups excluding carboxylic acids is 1. The van der Waals surface area contributed by atoms with E-state index in [0.29, 0.717) is 5.92 Å². The van der Waals surface area contributed by atoms with Crippen molar-refractivity contribution in [1.82, 2.24) is 5.32 Å². The Morgan fingerprint density at radius 1 is 1.41 bits per heavy atom. The summed E-state index contributed by atoms with van der Waals surface area (Å²) in [6, 6.07) is 0. The quantitative estimate of drug-likeness (QED) is 0.774. The average Bonchev–Trinajstić information content (AvgIpc) is 2.36. The Kier molecular flexibility index (Phi) is 5.44. The minimum Gasteiger partial charge on any atom is -0.355 e. The van der Waals surface area contributed by atoms with Crippen LogP contribution >= 0.6 is 0 Å². The number of nitrogens with two attached hydrogens (primary N) is 1. The summed E-state index contributed by atoms with van der Waals surface area (Å²) in [5, 5.41) is 3.11. The van der Waals surface area contributed by atoms with E-state index in [-0.39, 0.29) is 17.2 Å². The minimum absolute atomic E-state index is 0.199. The lowest BCUT2D eigenvalue weighted by atomic mass is 9.80. The number of hydrogen-bond acceptors (Lipinski definition) is 2. The topological polar surface area (TPSA) is 55.1 Å². The maximum absolute atomic E-state index is 12.1. The van der Waals surface area contributed by atoms with Crippen molar-refractivity contribution in [2.24, 2.45) is 23.0 Å². The van der Waals surface area contributed by atoms with Gasteiger partial charge in [-0.05, 0) is 43.6 Å². The molecule has 0 aromatic rings. The highest BCUT2D eigenvalue weighted by molar-refractivity contribution is 5.78. The van der Waals surface area contributed by atoms with Gasteiger partial charge in [0.2, 0.25) is 5.91 Å². The molecule has 3 nitrogen and oxygen atoms in total. The molecule has 0 spiro atoms. The van der Waals surface area contributed by atoms with Crippen LogP contribution in [0.1, 0.15) is 52.9 Å². The van der Waals surface area contributed by atoms with Crippen LogP contribution in [0.2, 0.25) is 0 Å². The van der Waals surface area contributed by atoms with Crippen molar-refractivity contribution in [2.75, 3.05) is 13.1 Å². The Hall–Kier alpha value is -0.570. The van der Waals surface area contributed by atoms with Gasteiger partial charge < -0.3 is 11.1 Å². The first-order chi connectivity index (χ1) is 7.98. The highest BCUT2D eigenvalue weighted by Gasteiger charge is 2.27. The fourth-order valence-corrected chi connectivity index (χ4v) is 2.34. The van der Waals surface area contributed by atoms with Gasteiger partial charge in [-0.2, -0.15) is 0 Å². The number of hydrogen-bond donors (Lipinski definition) is 2. The summed E-state index contributed by atoms with van der Waals surface area (Å²) in [5.41, 5.74) is 5.90. The zero-order valence-corrected chi connectivity index (χ0v) is 11.6. The van der Waals surface area contributed by atoms with Gasteiger partial charge in [0.05, 0.1) is 0 Å². The number of amides is 1. The van der Waals surface area contributed by atoms with Crippen LogP contribution in [0.15, 0.2) is 0 Å². The van der Waals surface area contributed by atoms with Crippen LogP contribution in [-0.4, -0.2) is 19.0 Å². The molecule has 2 unspecified atom stereocenters. The van der Waals surface area contributed by atoms with Gasteiger partial charge in [-0.25, -0.2) is 0 Å². The van der Waals surface area contributed by atoms with E-state index in [1.54, 1.807) is 0 Å². The fraction of sp³-hybridized carbons (Fsp3) is 0.929. The van der Waals surface area contributed by atoms with Gasteiger partial charge in [0.1, 0.15) is 0 Å². The van der Waals surface area contributed by atoms with Crippen molar-refractivity contribution >= 4 is 5.91 Å². The van der Waals surface area contributed by atoms with Crippen LogP contribution in [0.3, 0.4) is 0 Å². The standard InChI is InChI=1S/C14H28N2O/c1-4-14(2,3)10-16-13(17)12-7-5-6-11(8-12)9-15/h11-12H,4-10,15H2,1-3H3,(H,16,17). The molecule has 1 amide bonds. The molecule has 3 N–H and O–H groups in total. The van der Waals surface area contributed by atoms with Crippen molar-refractivity contribution in [1.29, 1.82) is 0 Å². The average molecular weight is 240 g/mol. The Labute approximate surface area is 106 Å². The third kappa shape index (κ3) is 4.66. The lowest BCUT2D eigenvalue weighted by Gasteiger charge is -2.29. The van der Waals surface area contributed by atoms with Gasteiger partial charge >= 0.3 is 0 Å². The first-order valence-corrected chi connectivity index (χ1v) is 6.96. The van der Waals surface area contributed by atoms with E-state index >= 15 is 0 Å². The highest BCUT2D eigenvalue weighted by Crippen LogP contribution is 2.28. The molecule has 0 bridgehead atoms. The summed E-state index contributed by atoms with van der Waals surface area (Å²) in [5.74, 6) is 0.994. The molecule has 0 aromatic carbocycles. The second-order valence-electron chi connectivity index (χ2n) is 6.20. The molecule has 1 aliphatic rings. The lowest BCUT2D eigenvalue weighted by molar-refractivity contribution is -0.126.